The van der Waals surface area contributed by atoms with Crippen LogP contribution in [0, 0.1) is 19.8 Å². The summed E-state index contributed by atoms with van der Waals surface area (Å²) in [5.41, 5.74) is 10.7. The molecular formula is C49H72N4S. The van der Waals surface area contributed by atoms with Crippen molar-refractivity contribution in [3.05, 3.63) is 137 Å². The molecule has 0 radical (unpaired) electrons. The summed E-state index contributed by atoms with van der Waals surface area (Å²) < 4.78 is 0. The normalized spacial score (nSPS) is 13.5. The Hall–Kier alpha value is -4.22. The lowest BCUT2D eigenvalue weighted by atomic mass is 9.91. The Morgan fingerprint density at radius 1 is 0.815 bits per heavy atom. The first-order chi connectivity index (χ1) is 26.3. The molecule has 5 heteroatoms. The van der Waals surface area contributed by atoms with E-state index in [0.29, 0.717) is 0 Å². The van der Waals surface area contributed by atoms with Crippen molar-refractivity contribution in [3.8, 4) is 22.6 Å². The second-order valence-corrected chi connectivity index (χ2v) is 13.3. The van der Waals surface area contributed by atoms with E-state index in [2.05, 4.69) is 108 Å². The van der Waals surface area contributed by atoms with E-state index in [1.165, 1.54) is 78.5 Å². The van der Waals surface area contributed by atoms with Crippen LogP contribution in [-0.2, 0) is 0 Å². The molecule has 4 aromatic rings. The van der Waals surface area contributed by atoms with Crippen LogP contribution in [0.4, 0.5) is 0 Å². The fraction of sp³-hybridized carbons (Fsp3) is 0.429. The molecular weight excluding hydrogens is 677 g/mol. The lowest BCUT2D eigenvalue weighted by molar-refractivity contribution is 0.508. The zero-order valence-electron chi connectivity index (χ0n) is 35.7. The maximum Gasteiger partial charge on any atom is 0.0886 e. The Labute approximate surface area is 335 Å². The number of hydrogen-bond acceptors (Lipinski definition) is 5. The molecule has 0 aromatic carbocycles. The molecule has 4 aromatic heterocycles. The molecule has 0 fully saturated rings. The fourth-order valence-electron chi connectivity index (χ4n) is 5.19. The summed E-state index contributed by atoms with van der Waals surface area (Å²) in [6, 6.07) is 16.1. The van der Waals surface area contributed by atoms with Crippen LogP contribution in [0.5, 0.6) is 0 Å². The van der Waals surface area contributed by atoms with Crippen molar-refractivity contribution in [1.82, 2.24) is 15.0 Å². The molecule has 294 valence electrons. The molecule has 0 saturated carbocycles. The van der Waals surface area contributed by atoms with Gasteiger partial charge in [0.25, 0.3) is 0 Å². The predicted octanol–water partition coefficient (Wildman–Crippen LogP) is 15.5. The van der Waals surface area contributed by atoms with Gasteiger partial charge in [-0.05, 0) is 118 Å². The quantitative estimate of drug-likeness (QED) is 0.144. The van der Waals surface area contributed by atoms with E-state index in [1.54, 1.807) is 17.5 Å². The van der Waals surface area contributed by atoms with Gasteiger partial charge in [0, 0.05) is 41.8 Å². The number of aryl methyl sites for hydroxylation is 2. The molecule has 0 bridgehead atoms. The van der Waals surface area contributed by atoms with Gasteiger partial charge in [-0.25, -0.2) is 0 Å². The van der Waals surface area contributed by atoms with Gasteiger partial charge in [-0.3, -0.25) is 19.9 Å². The first-order valence-corrected chi connectivity index (χ1v) is 21.2. The number of aromatic nitrogens is 3. The Bertz CT molecular complexity index is 1580. The third-order valence-electron chi connectivity index (χ3n) is 8.20. The van der Waals surface area contributed by atoms with Crippen molar-refractivity contribution in [2.24, 2.45) is 10.9 Å². The Kier molecular flexibility index (Phi) is 30.7. The third-order valence-corrected chi connectivity index (χ3v) is 8.88. The van der Waals surface area contributed by atoms with Gasteiger partial charge in [0.2, 0.25) is 0 Å². The number of nitrogens with zero attached hydrogens (tertiary/aromatic N) is 4. The molecule has 5 heterocycles. The molecule has 4 nitrogen and oxygen atoms in total. The molecule has 1 unspecified atom stereocenters. The highest BCUT2D eigenvalue weighted by molar-refractivity contribution is 7.08. The van der Waals surface area contributed by atoms with Crippen LogP contribution >= 0.6 is 11.3 Å². The van der Waals surface area contributed by atoms with Crippen molar-refractivity contribution in [2.75, 3.05) is 6.54 Å². The minimum atomic E-state index is 0.823. The molecule has 0 amide bonds. The van der Waals surface area contributed by atoms with Gasteiger partial charge in [-0.1, -0.05) is 128 Å². The summed E-state index contributed by atoms with van der Waals surface area (Å²) in [6.07, 6.45) is 26.1. The van der Waals surface area contributed by atoms with E-state index in [0.717, 1.165) is 36.0 Å². The van der Waals surface area contributed by atoms with E-state index < -0.39 is 0 Å². The number of unbranched alkanes of at least 4 members (excludes halogenated alkanes) is 1. The standard InChI is InChI=1S/C14H22.C11H10N2.C10H9NS.C10H19N.2C2H6/c1-5-8-11-14(12-9-6-2)13(4)10-7-3;1-9-5-6-11(13-8-9)10-4-2-3-7-12-10;1-8-2-3-10(11-6-8)9-4-5-12-7-9;1-3-4-6-10-7-5-8-11-9(10)2;2*1-2/h5,8-9,11-12H,1,6-7,10H2,2-4H3;2-8H,1H3;2-7H,1H3;10H,3-8H2,1-2H3;2*1-2H3/b11-8-,12-9-,14-13+;;;;;. The van der Waals surface area contributed by atoms with Crippen molar-refractivity contribution in [2.45, 2.75) is 128 Å². The van der Waals surface area contributed by atoms with Crippen molar-refractivity contribution >= 4 is 17.0 Å². The SMILES string of the molecule is C=C\C=C/C(/C=C\CC)=C(/C)CCC.CC.CC.CCCCC1CCCN=C1C.Cc1ccc(-c2ccccn2)nc1.Cc1ccc(-c2ccsc2)nc1. The zero-order valence-corrected chi connectivity index (χ0v) is 36.6. The van der Waals surface area contributed by atoms with Crippen LogP contribution in [0.25, 0.3) is 22.6 Å². The topological polar surface area (TPSA) is 51.0 Å². The van der Waals surface area contributed by atoms with E-state index in [9.17, 15) is 0 Å². The van der Waals surface area contributed by atoms with E-state index >= 15 is 0 Å². The number of aliphatic imine (C=N–C) groups is 1. The van der Waals surface area contributed by atoms with E-state index in [4.69, 9.17) is 0 Å². The number of thiophene rings is 1. The van der Waals surface area contributed by atoms with Gasteiger partial charge < -0.3 is 0 Å². The highest BCUT2D eigenvalue weighted by Gasteiger charge is 2.14. The van der Waals surface area contributed by atoms with Gasteiger partial charge in [-0.2, -0.15) is 11.3 Å². The van der Waals surface area contributed by atoms with Crippen LogP contribution in [-0.4, -0.2) is 27.2 Å². The summed E-state index contributed by atoms with van der Waals surface area (Å²) >= 11 is 1.70. The van der Waals surface area contributed by atoms with Crippen LogP contribution in [0.3, 0.4) is 0 Å². The summed E-state index contributed by atoms with van der Waals surface area (Å²) in [5.74, 6) is 0.823. The summed E-state index contributed by atoms with van der Waals surface area (Å²) in [6.45, 7) is 27.8. The summed E-state index contributed by atoms with van der Waals surface area (Å²) in [5, 5.41) is 4.18. The second-order valence-electron chi connectivity index (χ2n) is 12.6. The van der Waals surface area contributed by atoms with Crippen LogP contribution in [0.1, 0.15) is 125 Å². The van der Waals surface area contributed by atoms with Crippen LogP contribution in [0.2, 0.25) is 0 Å². The minimum absolute atomic E-state index is 0.823. The third kappa shape index (κ3) is 22.1. The highest BCUT2D eigenvalue weighted by Crippen LogP contribution is 2.21. The Morgan fingerprint density at radius 3 is 1.98 bits per heavy atom. The Morgan fingerprint density at radius 2 is 1.48 bits per heavy atom. The maximum atomic E-state index is 4.48. The molecule has 0 N–H and O–H groups in total. The van der Waals surface area contributed by atoms with Crippen molar-refractivity contribution in [3.63, 3.8) is 0 Å². The van der Waals surface area contributed by atoms with Gasteiger partial charge in [0.1, 0.15) is 0 Å². The number of allylic oxidation sites excluding steroid dienone is 7. The maximum absolute atomic E-state index is 4.48. The minimum Gasteiger partial charge on any atom is -0.294 e. The average Bonchev–Trinajstić information content (AvgIpc) is 3.76. The van der Waals surface area contributed by atoms with Gasteiger partial charge in [0.05, 0.1) is 17.1 Å². The summed E-state index contributed by atoms with van der Waals surface area (Å²) in [7, 11) is 0. The largest absolute Gasteiger partial charge is 0.294 e. The molecule has 0 saturated heterocycles. The smallest absolute Gasteiger partial charge is 0.0886 e. The highest BCUT2D eigenvalue weighted by atomic mass is 32.1. The number of hydrogen-bond donors (Lipinski definition) is 0. The first kappa shape index (κ1) is 49.8. The van der Waals surface area contributed by atoms with E-state index in [-0.39, 0.29) is 0 Å². The molecule has 54 heavy (non-hydrogen) atoms. The molecule has 1 aliphatic heterocycles. The van der Waals surface area contributed by atoms with Gasteiger partial charge >= 0.3 is 0 Å². The molecule has 5 rings (SSSR count). The summed E-state index contributed by atoms with van der Waals surface area (Å²) in [4.78, 5) is 17.3. The van der Waals surface area contributed by atoms with Crippen molar-refractivity contribution in [1.29, 1.82) is 0 Å². The fourth-order valence-corrected chi connectivity index (χ4v) is 5.84. The zero-order chi connectivity index (χ0) is 40.4. The lowest BCUT2D eigenvalue weighted by Crippen LogP contribution is -2.16. The van der Waals surface area contributed by atoms with Crippen LogP contribution in [0.15, 0.2) is 131 Å². The average molecular weight is 749 g/mol. The van der Waals surface area contributed by atoms with Gasteiger partial charge in [0.15, 0.2) is 0 Å². The molecule has 1 atom stereocenters. The van der Waals surface area contributed by atoms with Crippen LogP contribution < -0.4 is 0 Å². The lowest BCUT2D eigenvalue weighted by Gasteiger charge is -2.20. The van der Waals surface area contributed by atoms with Gasteiger partial charge in [-0.15, -0.1) is 0 Å². The van der Waals surface area contributed by atoms with E-state index in [1.807, 2.05) is 96.4 Å². The molecule has 1 aliphatic rings. The molecule has 0 spiro atoms. The predicted molar refractivity (Wildman–Crippen MR) is 244 cm³/mol. The Balaban J connectivity index is 0.000000673. The molecule has 0 aliphatic carbocycles. The van der Waals surface area contributed by atoms with Crippen molar-refractivity contribution < 1.29 is 0 Å². The second kappa shape index (κ2) is 33.4. The monoisotopic (exact) mass is 749 g/mol. The first-order valence-electron chi connectivity index (χ1n) is 20.3. The number of rotatable bonds is 11. The number of pyridine rings is 3.